The molecule has 0 spiro atoms. The predicted molar refractivity (Wildman–Crippen MR) is 87.8 cm³/mol. The molecule has 110 valence electrons. The van der Waals surface area contributed by atoms with Crippen LogP contribution in [0.1, 0.15) is 51.4 Å². The lowest BCUT2D eigenvalue weighted by Gasteiger charge is -2.26. The fraction of sp³-hybridized carbons (Fsp3) is 0.667. The van der Waals surface area contributed by atoms with Crippen LogP contribution in [0.5, 0.6) is 0 Å². The fourth-order valence-corrected chi connectivity index (χ4v) is 3.53. The molecule has 1 aromatic carbocycles. The highest BCUT2D eigenvalue weighted by atomic mass is 15.1. The molecule has 0 radical (unpaired) electrons. The van der Waals surface area contributed by atoms with Crippen molar-refractivity contribution in [2.75, 3.05) is 36.0 Å². The largest absolute Gasteiger partial charge is 0.372 e. The Kier molecular flexibility index (Phi) is 4.83. The van der Waals surface area contributed by atoms with Crippen molar-refractivity contribution >= 4 is 11.4 Å². The molecule has 0 unspecified atom stereocenters. The van der Waals surface area contributed by atoms with Crippen LogP contribution >= 0.6 is 0 Å². The van der Waals surface area contributed by atoms with Crippen LogP contribution in [-0.4, -0.2) is 26.2 Å². The Morgan fingerprint density at radius 2 is 0.750 bits per heavy atom. The zero-order chi connectivity index (χ0) is 13.6. The summed E-state index contributed by atoms with van der Waals surface area (Å²) in [5.74, 6) is 0. The molecular formula is C18H28N2. The highest BCUT2D eigenvalue weighted by Crippen LogP contribution is 2.25. The lowest BCUT2D eigenvalue weighted by molar-refractivity contribution is 0.726. The van der Waals surface area contributed by atoms with E-state index in [9.17, 15) is 0 Å². The maximum atomic E-state index is 2.57. The van der Waals surface area contributed by atoms with Gasteiger partial charge in [-0.3, -0.25) is 0 Å². The van der Waals surface area contributed by atoms with Gasteiger partial charge in [-0.05, 0) is 49.9 Å². The van der Waals surface area contributed by atoms with Gasteiger partial charge in [-0.25, -0.2) is 0 Å². The van der Waals surface area contributed by atoms with E-state index in [1.807, 2.05) is 0 Å². The van der Waals surface area contributed by atoms with Crippen LogP contribution in [0.3, 0.4) is 0 Å². The number of hydrogen-bond donors (Lipinski definition) is 0. The Morgan fingerprint density at radius 1 is 0.450 bits per heavy atom. The molecule has 2 aliphatic heterocycles. The molecule has 2 aliphatic rings. The summed E-state index contributed by atoms with van der Waals surface area (Å²) in [6.45, 7) is 4.96. The van der Waals surface area contributed by atoms with Crippen LogP contribution in [0.2, 0.25) is 0 Å². The maximum absolute atomic E-state index is 2.57. The summed E-state index contributed by atoms with van der Waals surface area (Å²) in [4.78, 5) is 5.14. The van der Waals surface area contributed by atoms with Crippen molar-refractivity contribution in [1.29, 1.82) is 0 Å². The number of rotatable bonds is 2. The average molecular weight is 272 g/mol. The van der Waals surface area contributed by atoms with Crippen LogP contribution in [-0.2, 0) is 0 Å². The van der Waals surface area contributed by atoms with E-state index in [1.54, 1.807) is 0 Å². The van der Waals surface area contributed by atoms with Gasteiger partial charge >= 0.3 is 0 Å². The van der Waals surface area contributed by atoms with Gasteiger partial charge in [-0.15, -0.1) is 0 Å². The quantitative estimate of drug-likeness (QED) is 0.785. The zero-order valence-electron chi connectivity index (χ0n) is 12.7. The first kappa shape index (κ1) is 13.8. The normalized spacial score (nSPS) is 21.4. The van der Waals surface area contributed by atoms with E-state index >= 15 is 0 Å². The molecule has 2 heterocycles. The minimum atomic E-state index is 1.24. The van der Waals surface area contributed by atoms with Crippen molar-refractivity contribution in [1.82, 2.24) is 0 Å². The molecule has 20 heavy (non-hydrogen) atoms. The Balaban J connectivity index is 1.66. The van der Waals surface area contributed by atoms with Gasteiger partial charge in [0, 0.05) is 37.6 Å². The molecule has 2 fully saturated rings. The van der Waals surface area contributed by atoms with Gasteiger partial charge in [0.1, 0.15) is 0 Å². The second-order valence-electron chi connectivity index (χ2n) is 6.32. The molecular weight excluding hydrogens is 244 g/mol. The molecule has 1 aromatic rings. The topological polar surface area (TPSA) is 6.48 Å². The van der Waals surface area contributed by atoms with Gasteiger partial charge in [0.15, 0.2) is 0 Å². The Hall–Kier alpha value is -1.18. The minimum Gasteiger partial charge on any atom is -0.372 e. The van der Waals surface area contributed by atoms with Gasteiger partial charge in [0.25, 0.3) is 0 Å². The molecule has 0 atom stereocenters. The van der Waals surface area contributed by atoms with Gasteiger partial charge in [-0.2, -0.15) is 0 Å². The van der Waals surface area contributed by atoms with E-state index < -0.39 is 0 Å². The first-order valence-corrected chi connectivity index (χ1v) is 8.53. The molecule has 0 amide bonds. The summed E-state index contributed by atoms with van der Waals surface area (Å²) >= 11 is 0. The third-order valence-corrected chi connectivity index (χ3v) is 4.79. The summed E-state index contributed by atoms with van der Waals surface area (Å²) < 4.78 is 0. The van der Waals surface area contributed by atoms with Crippen molar-refractivity contribution in [2.45, 2.75) is 51.4 Å². The van der Waals surface area contributed by atoms with Crippen molar-refractivity contribution < 1.29 is 0 Å². The Bertz CT molecular complexity index is 343. The average Bonchev–Trinajstić information content (AvgIpc) is 2.92. The number of hydrogen-bond acceptors (Lipinski definition) is 2. The third kappa shape index (κ3) is 3.47. The molecule has 2 heteroatoms. The molecule has 0 aromatic heterocycles. The molecule has 2 nitrogen and oxygen atoms in total. The third-order valence-electron chi connectivity index (χ3n) is 4.79. The Labute approximate surface area is 123 Å². The van der Waals surface area contributed by atoms with Crippen LogP contribution in [0.15, 0.2) is 24.3 Å². The van der Waals surface area contributed by atoms with Gasteiger partial charge in [0.2, 0.25) is 0 Å². The van der Waals surface area contributed by atoms with Crippen molar-refractivity contribution in [2.24, 2.45) is 0 Å². The van der Waals surface area contributed by atoms with E-state index in [0.717, 1.165) is 0 Å². The number of anilines is 2. The second-order valence-corrected chi connectivity index (χ2v) is 6.32. The predicted octanol–water partition coefficient (Wildman–Crippen LogP) is 4.45. The van der Waals surface area contributed by atoms with E-state index in [-0.39, 0.29) is 0 Å². The molecule has 0 saturated carbocycles. The SMILES string of the molecule is c1cc(N2CCCCCC2)ccc1N1CCCCCC1. The standard InChI is InChI=1S/C18H28N2/c1-2-6-14-19(13-5-1)17-9-11-18(12-10-17)20-15-7-3-4-8-16-20/h9-12H,1-8,13-16H2. The smallest absolute Gasteiger partial charge is 0.0367 e. The monoisotopic (exact) mass is 272 g/mol. The van der Waals surface area contributed by atoms with Crippen LogP contribution in [0.25, 0.3) is 0 Å². The summed E-state index contributed by atoms with van der Waals surface area (Å²) in [6, 6.07) is 9.36. The molecule has 0 bridgehead atoms. The van der Waals surface area contributed by atoms with Crippen LogP contribution in [0, 0.1) is 0 Å². The Morgan fingerprint density at radius 3 is 1.05 bits per heavy atom. The van der Waals surface area contributed by atoms with E-state index in [0.29, 0.717) is 0 Å². The van der Waals surface area contributed by atoms with Crippen molar-refractivity contribution in [3.05, 3.63) is 24.3 Å². The number of benzene rings is 1. The van der Waals surface area contributed by atoms with Crippen molar-refractivity contribution in [3.8, 4) is 0 Å². The first-order valence-electron chi connectivity index (χ1n) is 8.53. The summed E-state index contributed by atoms with van der Waals surface area (Å²) in [5.41, 5.74) is 2.84. The maximum Gasteiger partial charge on any atom is 0.0367 e. The minimum absolute atomic E-state index is 1.24. The van der Waals surface area contributed by atoms with E-state index in [1.165, 1.54) is 88.9 Å². The molecule has 0 N–H and O–H groups in total. The zero-order valence-corrected chi connectivity index (χ0v) is 12.7. The van der Waals surface area contributed by atoms with Crippen molar-refractivity contribution in [3.63, 3.8) is 0 Å². The number of nitrogens with zero attached hydrogens (tertiary/aromatic N) is 2. The lowest BCUT2D eigenvalue weighted by atomic mass is 10.2. The van der Waals surface area contributed by atoms with Gasteiger partial charge in [-0.1, -0.05) is 25.7 Å². The molecule has 0 aliphatic carbocycles. The van der Waals surface area contributed by atoms with Gasteiger partial charge < -0.3 is 9.80 Å². The highest BCUT2D eigenvalue weighted by Gasteiger charge is 2.12. The van der Waals surface area contributed by atoms with E-state index in [4.69, 9.17) is 0 Å². The van der Waals surface area contributed by atoms with E-state index in [2.05, 4.69) is 34.1 Å². The summed E-state index contributed by atoms with van der Waals surface area (Å²) in [7, 11) is 0. The molecule has 2 saturated heterocycles. The summed E-state index contributed by atoms with van der Waals surface area (Å²) in [5, 5.41) is 0. The second kappa shape index (κ2) is 7.01. The highest BCUT2D eigenvalue weighted by molar-refractivity contribution is 5.56. The van der Waals surface area contributed by atoms with Gasteiger partial charge in [0.05, 0.1) is 0 Å². The lowest BCUT2D eigenvalue weighted by Crippen LogP contribution is -2.25. The van der Waals surface area contributed by atoms with Crippen LogP contribution < -0.4 is 9.80 Å². The fourth-order valence-electron chi connectivity index (χ4n) is 3.53. The summed E-state index contributed by atoms with van der Waals surface area (Å²) in [6.07, 6.45) is 11.0. The first-order chi connectivity index (χ1) is 9.93. The van der Waals surface area contributed by atoms with Crippen LogP contribution in [0.4, 0.5) is 11.4 Å². The molecule has 3 rings (SSSR count).